The number of imide groups is 1. The third kappa shape index (κ3) is 4.71. The van der Waals surface area contributed by atoms with E-state index < -0.39 is 0 Å². The number of benzene rings is 2. The van der Waals surface area contributed by atoms with Gasteiger partial charge in [-0.1, -0.05) is 30.3 Å². The Balaban J connectivity index is 1.97. The van der Waals surface area contributed by atoms with Crippen molar-refractivity contribution >= 4 is 23.1 Å². The number of nitrogens with one attached hydrogen (secondary N) is 1. The van der Waals surface area contributed by atoms with Crippen LogP contribution < -0.4 is 10.1 Å². The third-order valence-electron chi connectivity index (χ3n) is 4.82. The van der Waals surface area contributed by atoms with Gasteiger partial charge in [-0.25, -0.2) is 0 Å². The maximum atomic E-state index is 13.2. The number of methoxy groups -OCH3 is 1. The summed E-state index contributed by atoms with van der Waals surface area (Å²) in [4.78, 5) is 27.6. The Morgan fingerprint density at radius 2 is 1.70 bits per heavy atom. The van der Waals surface area contributed by atoms with Gasteiger partial charge in [-0.15, -0.1) is 0 Å². The second-order valence-electron chi connectivity index (χ2n) is 7.49. The Morgan fingerprint density at radius 1 is 1.00 bits per heavy atom. The zero-order valence-electron chi connectivity index (χ0n) is 17.9. The third-order valence-corrected chi connectivity index (χ3v) is 4.82. The summed E-state index contributed by atoms with van der Waals surface area (Å²) in [5.41, 5.74) is 3.13. The topological polar surface area (TPSA) is 67.9 Å². The van der Waals surface area contributed by atoms with E-state index in [0.29, 0.717) is 36.4 Å². The lowest BCUT2D eigenvalue weighted by Crippen LogP contribution is -2.33. The maximum Gasteiger partial charge on any atom is 0.278 e. The van der Waals surface area contributed by atoms with Crippen LogP contribution in [0.1, 0.15) is 31.4 Å². The molecule has 1 aliphatic rings. The highest BCUT2D eigenvalue weighted by atomic mass is 16.5. The summed E-state index contributed by atoms with van der Waals surface area (Å²) >= 11 is 0. The number of ether oxygens (including phenoxy) is 2. The molecule has 0 fully saturated rings. The van der Waals surface area contributed by atoms with Crippen LogP contribution in [0.15, 0.2) is 54.2 Å². The minimum absolute atomic E-state index is 0.0549. The average Bonchev–Trinajstić information content (AvgIpc) is 2.94. The summed E-state index contributed by atoms with van der Waals surface area (Å²) in [6.45, 7) is 6.66. The van der Waals surface area contributed by atoms with Gasteiger partial charge in [0.05, 0.1) is 11.7 Å². The van der Waals surface area contributed by atoms with Crippen molar-refractivity contribution in [3.05, 3.63) is 65.4 Å². The van der Waals surface area contributed by atoms with Crippen molar-refractivity contribution in [3.63, 3.8) is 0 Å². The van der Waals surface area contributed by atoms with Crippen molar-refractivity contribution in [1.29, 1.82) is 0 Å². The van der Waals surface area contributed by atoms with E-state index in [9.17, 15) is 9.59 Å². The van der Waals surface area contributed by atoms with Crippen LogP contribution in [0, 0.1) is 6.92 Å². The highest BCUT2D eigenvalue weighted by molar-refractivity contribution is 6.36. The van der Waals surface area contributed by atoms with Crippen molar-refractivity contribution in [3.8, 4) is 5.75 Å². The first-order valence-corrected chi connectivity index (χ1v) is 10.1. The minimum atomic E-state index is -0.322. The predicted molar refractivity (Wildman–Crippen MR) is 117 cm³/mol. The number of aryl methyl sites for hydroxylation is 1. The number of rotatable bonds is 9. The van der Waals surface area contributed by atoms with E-state index in [4.69, 9.17) is 9.47 Å². The van der Waals surface area contributed by atoms with E-state index in [-0.39, 0.29) is 17.9 Å². The summed E-state index contributed by atoms with van der Waals surface area (Å²) in [5.74, 6) is 0.0954. The van der Waals surface area contributed by atoms with Gasteiger partial charge in [-0.05, 0) is 56.5 Å². The first-order valence-electron chi connectivity index (χ1n) is 10.1. The van der Waals surface area contributed by atoms with Gasteiger partial charge in [0.15, 0.2) is 0 Å². The molecule has 0 saturated heterocycles. The first kappa shape index (κ1) is 21.6. The molecule has 0 spiro atoms. The Morgan fingerprint density at radius 3 is 2.33 bits per heavy atom. The first-order chi connectivity index (χ1) is 14.4. The quantitative estimate of drug-likeness (QED) is 0.502. The van der Waals surface area contributed by atoms with Crippen LogP contribution in [0.3, 0.4) is 0 Å². The molecule has 2 aromatic carbocycles. The summed E-state index contributed by atoms with van der Waals surface area (Å²) < 4.78 is 10.8. The van der Waals surface area contributed by atoms with Crippen LogP contribution in [0.4, 0.5) is 5.69 Å². The van der Waals surface area contributed by atoms with Gasteiger partial charge < -0.3 is 14.8 Å². The highest BCUT2D eigenvalue weighted by Gasteiger charge is 2.39. The van der Waals surface area contributed by atoms with E-state index in [0.717, 1.165) is 17.0 Å². The standard InChI is InChI=1S/C24H28N2O4/c1-16(2)30-19-12-10-18(11-13-19)21-22(25-20-9-6-5-8-17(20)3)24(28)26(23(21)27)14-7-15-29-4/h5-6,8-13,16,25H,7,14-15H2,1-4H3. The molecule has 0 bridgehead atoms. The summed E-state index contributed by atoms with van der Waals surface area (Å²) in [5, 5.41) is 3.21. The van der Waals surface area contributed by atoms with Crippen LogP contribution >= 0.6 is 0 Å². The van der Waals surface area contributed by atoms with E-state index >= 15 is 0 Å². The molecular weight excluding hydrogens is 380 g/mol. The van der Waals surface area contributed by atoms with Gasteiger partial charge in [-0.3, -0.25) is 14.5 Å². The fraction of sp³-hybridized carbons (Fsp3) is 0.333. The zero-order chi connectivity index (χ0) is 21.7. The van der Waals surface area contributed by atoms with Gasteiger partial charge in [0.25, 0.3) is 11.8 Å². The van der Waals surface area contributed by atoms with Crippen molar-refractivity contribution in [2.45, 2.75) is 33.3 Å². The normalized spacial score (nSPS) is 14.1. The lowest BCUT2D eigenvalue weighted by molar-refractivity contribution is -0.136. The number of hydrogen-bond donors (Lipinski definition) is 1. The monoisotopic (exact) mass is 408 g/mol. The molecule has 0 aliphatic carbocycles. The lowest BCUT2D eigenvalue weighted by atomic mass is 10.0. The molecule has 2 aromatic rings. The molecule has 0 radical (unpaired) electrons. The van der Waals surface area contributed by atoms with E-state index in [1.165, 1.54) is 4.90 Å². The maximum absolute atomic E-state index is 13.2. The van der Waals surface area contributed by atoms with Crippen molar-refractivity contribution in [2.75, 3.05) is 25.6 Å². The van der Waals surface area contributed by atoms with Gasteiger partial charge in [-0.2, -0.15) is 0 Å². The molecule has 0 aromatic heterocycles. The van der Waals surface area contributed by atoms with Crippen molar-refractivity contribution in [1.82, 2.24) is 4.90 Å². The molecule has 2 amide bonds. The van der Waals surface area contributed by atoms with Crippen LogP contribution in [0.2, 0.25) is 0 Å². The molecule has 3 rings (SSSR count). The SMILES string of the molecule is COCCCN1C(=O)C(Nc2ccccc2C)=C(c2ccc(OC(C)C)cc2)C1=O. The van der Waals surface area contributed by atoms with Gasteiger partial charge in [0.1, 0.15) is 11.4 Å². The molecule has 30 heavy (non-hydrogen) atoms. The van der Waals surface area contributed by atoms with Gasteiger partial charge in [0.2, 0.25) is 0 Å². The second kappa shape index (κ2) is 9.59. The van der Waals surface area contributed by atoms with Crippen LogP contribution in [-0.2, 0) is 14.3 Å². The number of nitrogens with zero attached hydrogens (tertiary/aromatic N) is 1. The molecule has 1 N–H and O–H groups in total. The molecule has 0 saturated carbocycles. The van der Waals surface area contributed by atoms with Crippen LogP contribution in [0.5, 0.6) is 5.75 Å². The predicted octanol–water partition coefficient (Wildman–Crippen LogP) is 4.01. The molecule has 1 heterocycles. The molecule has 6 heteroatoms. The smallest absolute Gasteiger partial charge is 0.278 e. The van der Waals surface area contributed by atoms with Crippen LogP contribution in [-0.4, -0.2) is 43.1 Å². The molecule has 0 atom stereocenters. The summed E-state index contributed by atoms with van der Waals surface area (Å²) in [6.07, 6.45) is 0.638. The molecule has 158 valence electrons. The minimum Gasteiger partial charge on any atom is -0.491 e. The largest absolute Gasteiger partial charge is 0.491 e. The zero-order valence-corrected chi connectivity index (χ0v) is 17.9. The summed E-state index contributed by atoms with van der Waals surface area (Å²) in [7, 11) is 1.60. The van der Waals surface area contributed by atoms with Crippen molar-refractivity contribution < 1.29 is 19.1 Å². The van der Waals surface area contributed by atoms with E-state index in [1.54, 1.807) is 7.11 Å². The number of para-hydroxylation sites is 1. The fourth-order valence-electron chi connectivity index (χ4n) is 3.35. The molecule has 1 aliphatic heterocycles. The summed E-state index contributed by atoms with van der Waals surface area (Å²) in [6, 6.07) is 14.9. The van der Waals surface area contributed by atoms with E-state index in [2.05, 4.69) is 5.32 Å². The number of anilines is 1. The molecular formula is C24H28N2O4. The second-order valence-corrected chi connectivity index (χ2v) is 7.49. The lowest BCUT2D eigenvalue weighted by Gasteiger charge is -2.15. The number of carbonyl (C=O) groups is 2. The number of amides is 2. The Bertz CT molecular complexity index is 948. The fourth-order valence-corrected chi connectivity index (χ4v) is 3.35. The Kier molecular flexibility index (Phi) is 6.90. The number of carbonyl (C=O) groups excluding carboxylic acids is 2. The van der Waals surface area contributed by atoms with Gasteiger partial charge >= 0.3 is 0 Å². The highest BCUT2D eigenvalue weighted by Crippen LogP contribution is 2.32. The Hall–Kier alpha value is -3.12. The Labute approximate surface area is 177 Å². The van der Waals surface area contributed by atoms with Gasteiger partial charge in [0, 0.05) is 25.9 Å². The average molecular weight is 408 g/mol. The van der Waals surface area contributed by atoms with E-state index in [1.807, 2.05) is 69.3 Å². The molecule has 6 nitrogen and oxygen atoms in total. The van der Waals surface area contributed by atoms with Crippen LogP contribution in [0.25, 0.3) is 5.57 Å². The van der Waals surface area contributed by atoms with Crippen molar-refractivity contribution in [2.24, 2.45) is 0 Å². The molecule has 0 unspecified atom stereocenters. The number of hydrogen-bond acceptors (Lipinski definition) is 5.